The second-order valence-electron chi connectivity index (χ2n) is 7.07. The van der Waals surface area contributed by atoms with Crippen LogP contribution >= 0.6 is 11.8 Å². The number of urea groups is 1. The van der Waals surface area contributed by atoms with E-state index in [1.165, 1.54) is 23.8 Å². The van der Waals surface area contributed by atoms with E-state index in [-0.39, 0.29) is 10.6 Å². The number of nitrogens with one attached hydrogen (secondary N) is 2. The Labute approximate surface area is 166 Å². The molecular weight excluding hydrogens is 390 g/mol. The summed E-state index contributed by atoms with van der Waals surface area (Å²) in [6.45, 7) is 5.66. The summed E-state index contributed by atoms with van der Waals surface area (Å²) in [7, 11) is 1.46. The number of thioether (sulfide) groups is 1. The zero-order valence-electron chi connectivity index (χ0n) is 16.2. The van der Waals surface area contributed by atoms with Crippen LogP contribution in [0.3, 0.4) is 0 Å². The summed E-state index contributed by atoms with van der Waals surface area (Å²) >= 11 is 1.17. The maximum Gasteiger partial charge on any atom is 0.407 e. The van der Waals surface area contributed by atoms with Gasteiger partial charge in [0, 0.05) is 19.2 Å². The maximum absolute atomic E-state index is 14.0. The van der Waals surface area contributed by atoms with Gasteiger partial charge in [-0.05, 0) is 51.8 Å². The predicted molar refractivity (Wildman–Crippen MR) is 104 cm³/mol. The summed E-state index contributed by atoms with van der Waals surface area (Å²) in [6.07, 6.45) is 0.505. The van der Waals surface area contributed by atoms with Gasteiger partial charge in [0.25, 0.3) is 0 Å². The average molecular weight is 414 g/mol. The van der Waals surface area contributed by atoms with Crippen molar-refractivity contribution in [2.75, 3.05) is 13.6 Å². The lowest BCUT2D eigenvalue weighted by Crippen LogP contribution is -2.38. The summed E-state index contributed by atoms with van der Waals surface area (Å²) in [6, 6.07) is 2.64. The van der Waals surface area contributed by atoms with E-state index in [4.69, 9.17) is 4.74 Å². The van der Waals surface area contributed by atoms with Crippen LogP contribution in [0.15, 0.2) is 23.3 Å². The minimum Gasteiger partial charge on any atom is -0.444 e. The van der Waals surface area contributed by atoms with Crippen molar-refractivity contribution in [2.24, 2.45) is 5.10 Å². The minimum absolute atomic E-state index is 0.00767. The Bertz CT molecular complexity index is 768. The van der Waals surface area contributed by atoms with Gasteiger partial charge < -0.3 is 15.4 Å². The minimum atomic E-state index is -0.614. The fourth-order valence-electron chi connectivity index (χ4n) is 2.40. The first kappa shape index (κ1) is 21.9. The topological polar surface area (TPSA) is 83.0 Å². The van der Waals surface area contributed by atoms with Crippen molar-refractivity contribution < 1.29 is 23.1 Å². The molecule has 0 spiro atoms. The normalized spacial score (nSPS) is 16.6. The smallest absolute Gasteiger partial charge is 0.407 e. The van der Waals surface area contributed by atoms with Gasteiger partial charge in [-0.2, -0.15) is 5.10 Å². The molecule has 0 saturated carbocycles. The quantitative estimate of drug-likeness (QED) is 0.721. The first-order valence-corrected chi connectivity index (χ1v) is 9.67. The third kappa shape index (κ3) is 6.08. The van der Waals surface area contributed by atoms with Gasteiger partial charge in [-0.25, -0.2) is 23.4 Å². The molecule has 1 aliphatic heterocycles. The number of halogens is 2. The van der Waals surface area contributed by atoms with E-state index in [1.807, 2.05) is 0 Å². The molecule has 1 heterocycles. The van der Waals surface area contributed by atoms with Gasteiger partial charge >= 0.3 is 12.1 Å². The summed E-state index contributed by atoms with van der Waals surface area (Å²) in [5.41, 5.74) is -0.576. The number of rotatable bonds is 5. The number of hydrogen-bond donors (Lipinski definition) is 2. The van der Waals surface area contributed by atoms with Crippen LogP contribution in [0.4, 0.5) is 18.4 Å². The second-order valence-corrected chi connectivity index (χ2v) is 8.24. The van der Waals surface area contributed by atoms with E-state index in [9.17, 15) is 18.4 Å². The zero-order valence-corrected chi connectivity index (χ0v) is 17.0. The monoisotopic (exact) mass is 414 g/mol. The fraction of sp³-hybridized carbons (Fsp3) is 0.500. The Morgan fingerprint density at radius 1 is 1.32 bits per heavy atom. The maximum atomic E-state index is 14.0. The average Bonchev–Trinajstić information content (AvgIpc) is 3.02. The fourth-order valence-corrected chi connectivity index (χ4v) is 3.60. The van der Waals surface area contributed by atoms with E-state index < -0.39 is 34.7 Å². The predicted octanol–water partition coefficient (Wildman–Crippen LogP) is 3.65. The highest BCUT2D eigenvalue weighted by molar-refractivity contribution is 8.15. The van der Waals surface area contributed by atoms with Crippen LogP contribution in [0.25, 0.3) is 0 Å². The molecule has 28 heavy (non-hydrogen) atoms. The molecule has 3 amide bonds. The second kappa shape index (κ2) is 9.22. The molecule has 0 fully saturated rings. The lowest BCUT2D eigenvalue weighted by atomic mass is 10.2. The molecule has 1 unspecified atom stereocenters. The van der Waals surface area contributed by atoms with Gasteiger partial charge in [0.05, 0.1) is 0 Å². The number of amides is 3. The van der Waals surface area contributed by atoms with Gasteiger partial charge in [0.1, 0.15) is 27.7 Å². The van der Waals surface area contributed by atoms with Gasteiger partial charge in [0.15, 0.2) is 0 Å². The Morgan fingerprint density at radius 2 is 2.04 bits per heavy atom. The highest BCUT2D eigenvalue weighted by Crippen LogP contribution is 2.33. The Balaban J connectivity index is 1.98. The first-order valence-electron chi connectivity index (χ1n) is 8.79. The van der Waals surface area contributed by atoms with Crippen LogP contribution in [0.2, 0.25) is 0 Å². The number of hydrogen-bond acceptors (Lipinski definition) is 5. The number of benzene rings is 1. The third-order valence-corrected chi connectivity index (χ3v) is 4.83. The van der Waals surface area contributed by atoms with Gasteiger partial charge in [-0.1, -0.05) is 11.8 Å². The molecule has 0 aromatic heterocycles. The van der Waals surface area contributed by atoms with E-state index in [0.717, 1.165) is 18.2 Å². The highest BCUT2D eigenvalue weighted by atomic mass is 32.2. The van der Waals surface area contributed by atoms with Crippen molar-refractivity contribution in [1.82, 2.24) is 15.6 Å². The van der Waals surface area contributed by atoms with Crippen molar-refractivity contribution >= 4 is 28.9 Å². The molecule has 7 nitrogen and oxygen atoms in total. The summed E-state index contributed by atoms with van der Waals surface area (Å²) in [4.78, 5) is 23.8. The van der Waals surface area contributed by atoms with Crippen LogP contribution < -0.4 is 10.6 Å². The van der Waals surface area contributed by atoms with Crippen LogP contribution in [0.1, 0.15) is 39.2 Å². The van der Waals surface area contributed by atoms with Crippen LogP contribution in [0.5, 0.6) is 0 Å². The largest absolute Gasteiger partial charge is 0.444 e. The van der Waals surface area contributed by atoms with Gasteiger partial charge in [0.2, 0.25) is 0 Å². The van der Waals surface area contributed by atoms with Gasteiger partial charge in [-0.3, -0.25) is 0 Å². The number of carbonyl (C=O) groups excluding carboxylic acids is 2. The lowest BCUT2D eigenvalue weighted by Gasteiger charge is -2.21. The lowest BCUT2D eigenvalue weighted by molar-refractivity contribution is 0.0526. The van der Waals surface area contributed by atoms with E-state index in [2.05, 4.69) is 15.7 Å². The molecule has 1 atom stereocenters. The van der Waals surface area contributed by atoms with Crippen LogP contribution in [-0.4, -0.2) is 46.7 Å². The Kier molecular flexibility index (Phi) is 7.22. The van der Waals surface area contributed by atoms with Crippen molar-refractivity contribution in [3.05, 3.63) is 35.4 Å². The van der Waals surface area contributed by atoms with E-state index in [1.54, 1.807) is 20.8 Å². The molecular formula is C18H24F2N4O3S. The first-order chi connectivity index (χ1) is 13.1. The highest BCUT2D eigenvalue weighted by Gasteiger charge is 2.33. The van der Waals surface area contributed by atoms with Crippen molar-refractivity contribution in [1.29, 1.82) is 0 Å². The number of carbonyl (C=O) groups is 2. The van der Waals surface area contributed by atoms with Crippen molar-refractivity contribution in [3.8, 4) is 0 Å². The summed E-state index contributed by atoms with van der Waals surface area (Å²) in [5, 5.41) is 10.3. The van der Waals surface area contributed by atoms with E-state index >= 15 is 0 Å². The third-order valence-electron chi connectivity index (χ3n) is 3.60. The molecule has 0 saturated heterocycles. The molecule has 2 N–H and O–H groups in total. The number of hydrazone groups is 1. The van der Waals surface area contributed by atoms with E-state index in [0.29, 0.717) is 19.4 Å². The molecule has 1 aliphatic rings. The standard InChI is InChI=1S/C18H24F2N4O3S/c1-18(2,3)27-17(26)22-9-5-6-14-24(16(25)21-4)23-15(28-14)12-10-11(19)7-8-13(12)20/h7-8,10,14H,5-6,9H2,1-4H3,(H,21,25)(H,22,26). The SMILES string of the molecule is CNC(=O)N1N=C(c2cc(F)ccc2F)SC1CCCNC(=O)OC(C)(C)C. The Hall–Kier alpha value is -2.36. The summed E-state index contributed by atoms with van der Waals surface area (Å²) < 4.78 is 32.7. The zero-order chi connectivity index (χ0) is 20.9. The molecule has 1 aromatic carbocycles. The molecule has 0 radical (unpaired) electrons. The van der Waals surface area contributed by atoms with Gasteiger partial charge in [-0.15, -0.1) is 0 Å². The Morgan fingerprint density at radius 3 is 2.68 bits per heavy atom. The van der Waals surface area contributed by atoms with Crippen molar-refractivity contribution in [2.45, 2.75) is 44.6 Å². The van der Waals surface area contributed by atoms with Crippen LogP contribution in [-0.2, 0) is 4.74 Å². The number of alkyl carbamates (subject to hydrolysis) is 1. The summed E-state index contributed by atoms with van der Waals surface area (Å²) in [5.74, 6) is -1.20. The molecule has 10 heteroatoms. The molecule has 2 rings (SSSR count). The molecule has 1 aromatic rings. The number of nitrogens with zero attached hydrogens (tertiary/aromatic N) is 2. The number of ether oxygens (including phenoxy) is 1. The molecule has 154 valence electrons. The van der Waals surface area contributed by atoms with Crippen molar-refractivity contribution in [3.63, 3.8) is 0 Å². The molecule has 0 aliphatic carbocycles. The molecule has 0 bridgehead atoms. The van der Waals surface area contributed by atoms with Crippen LogP contribution in [0, 0.1) is 11.6 Å².